The summed E-state index contributed by atoms with van der Waals surface area (Å²) in [5, 5.41) is 9.48. The number of methoxy groups -OCH3 is 1. The number of rotatable bonds is 2. The van der Waals surface area contributed by atoms with E-state index in [0.717, 1.165) is 11.1 Å². The Hall–Kier alpha value is -2.08. The van der Waals surface area contributed by atoms with Gasteiger partial charge < -0.3 is 19.5 Å². The second-order valence-corrected chi connectivity index (χ2v) is 6.58. The van der Waals surface area contributed by atoms with Gasteiger partial charge in [-0.2, -0.15) is 0 Å². The third kappa shape index (κ3) is 4.01. The predicted molar refractivity (Wildman–Crippen MR) is 84.1 cm³/mol. The van der Waals surface area contributed by atoms with Gasteiger partial charge in [0.05, 0.1) is 19.3 Å². The Labute approximate surface area is 136 Å². The molecule has 1 N–H and O–H groups in total. The molecule has 0 saturated heterocycles. The van der Waals surface area contributed by atoms with Gasteiger partial charge in [-0.3, -0.25) is 0 Å². The maximum absolute atomic E-state index is 12.2. The molecule has 23 heavy (non-hydrogen) atoms. The minimum Gasteiger partial charge on any atom is -0.465 e. The average molecular weight is 321 g/mol. The second kappa shape index (κ2) is 6.58. The van der Waals surface area contributed by atoms with Gasteiger partial charge in [0.25, 0.3) is 0 Å². The molecule has 0 radical (unpaired) electrons. The fourth-order valence-electron chi connectivity index (χ4n) is 2.57. The standard InChI is InChI=1S/C17H23NO5/c1-17(2,3)23-16(21)18-6-5-11-8-14(15(20)22-4)13(10-19)7-12(11)9-18/h7-8,19H,5-6,9-10H2,1-4H3. The molecule has 0 bridgehead atoms. The molecule has 1 aliphatic rings. The smallest absolute Gasteiger partial charge is 0.410 e. The number of carbonyl (C=O) groups excluding carboxylic acids is 2. The van der Waals surface area contributed by atoms with Crippen LogP contribution in [0.5, 0.6) is 0 Å². The van der Waals surface area contributed by atoms with Gasteiger partial charge in [-0.05, 0) is 49.9 Å². The van der Waals surface area contributed by atoms with Crippen molar-refractivity contribution >= 4 is 12.1 Å². The van der Waals surface area contributed by atoms with Crippen LogP contribution in [-0.4, -0.2) is 41.3 Å². The van der Waals surface area contributed by atoms with Crippen LogP contribution in [0.15, 0.2) is 12.1 Å². The van der Waals surface area contributed by atoms with Crippen molar-refractivity contribution in [2.45, 2.75) is 45.9 Å². The van der Waals surface area contributed by atoms with Crippen LogP contribution in [0.2, 0.25) is 0 Å². The molecular formula is C17H23NO5. The maximum atomic E-state index is 12.2. The monoisotopic (exact) mass is 321 g/mol. The molecule has 0 saturated carbocycles. The Bertz CT molecular complexity index is 618. The molecule has 6 heteroatoms. The Morgan fingerprint density at radius 2 is 1.96 bits per heavy atom. The highest BCUT2D eigenvalue weighted by Gasteiger charge is 2.27. The highest BCUT2D eigenvalue weighted by Crippen LogP contribution is 2.25. The minimum atomic E-state index is -0.539. The van der Waals surface area contributed by atoms with Crippen LogP contribution >= 0.6 is 0 Å². The van der Waals surface area contributed by atoms with Crippen LogP contribution in [0.4, 0.5) is 4.79 Å². The van der Waals surface area contributed by atoms with Crippen LogP contribution < -0.4 is 0 Å². The van der Waals surface area contributed by atoms with Crippen molar-refractivity contribution in [1.29, 1.82) is 0 Å². The number of amides is 1. The fraction of sp³-hybridized carbons (Fsp3) is 0.529. The van der Waals surface area contributed by atoms with Gasteiger partial charge in [0.15, 0.2) is 0 Å². The summed E-state index contributed by atoms with van der Waals surface area (Å²) in [7, 11) is 1.31. The lowest BCUT2D eigenvalue weighted by Crippen LogP contribution is -2.40. The average Bonchev–Trinajstić information content (AvgIpc) is 2.50. The van der Waals surface area contributed by atoms with Gasteiger partial charge >= 0.3 is 12.1 Å². The number of nitrogens with zero attached hydrogens (tertiary/aromatic N) is 1. The first-order valence-corrected chi connectivity index (χ1v) is 7.57. The van der Waals surface area contributed by atoms with E-state index in [4.69, 9.17) is 9.47 Å². The first-order valence-electron chi connectivity index (χ1n) is 7.57. The number of fused-ring (bicyclic) bond motifs is 1. The van der Waals surface area contributed by atoms with Gasteiger partial charge in [-0.1, -0.05) is 6.07 Å². The topological polar surface area (TPSA) is 76.1 Å². The zero-order chi connectivity index (χ0) is 17.2. The number of hydrogen-bond donors (Lipinski definition) is 1. The fourth-order valence-corrected chi connectivity index (χ4v) is 2.57. The molecule has 2 rings (SSSR count). The molecule has 0 aromatic heterocycles. The van der Waals surface area contributed by atoms with Crippen molar-refractivity contribution in [3.05, 3.63) is 34.4 Å². The molecule has 6 nitrogen and oxygen atoms in total. The van der Waals surface area contributed by atoms with E-state index in [1.807, 2.05) is 20.8 Å². The van der Waals surface area contributed by atoms with Crippen LogP contribution in [0.25, 0.3) is 0 Å². The van der Waals surface area contributed by atoms with Gasteiger partial charge in [-0.15, -0.1) is 0 Å². The molecule has 0 atom stereocenters. The molecular weight excluding hydrogens is 298 g/mol. The van der Waals surface area contributed by atoms with Crippen molar-refractivity contribution in [3.63, 3.8) is 0 Å². The minimum absolute atomic E-state index is 0.260. The van der Waals surface area contributed by atoms with Crippen LogP contribution in [-0.2, 0) is 29.0 Å². The summed E-state index contributed by atoms with van der Waals surface area (Å²) >= 11 is 0. The van der Waals surface area contributed by atoms with Gasteiger partial charge in [0, 0.05) is 13.1 Å². The molecule has 0 fully saturated rings. The number of hydrogen-bond acceptors (Lipinski definition) is 5. The van der Waals surface area contributed by atoms with Crippen molar-refractivity contribution in [1.82, 2.24) is 4.90 Å². The molecule has 126 valence electrons. The quantitative estimate of drug-likeness (QED) is 0.846. The third-order valence-corrected chi connectivity index (χ3v) is 3.67. The summed E-state index contributed by atoms with van der Waals surface area (Å²) in [5.41, 5.74) is 2.24. The van der Waals surface area contributed by atoms with E-state index in [-0.39, 0.29) is 12.7 Å². The Kier molecular flexibility index (Phi) is 4.94. The van der Waals surface area contributed by atoms with Gasteiger partial charge in [-0.25, -0.2) is 9.59 Å². The van der Waals surface area contributed by atoms with Crippen molar-refractivity contribution < 1.29 is 24.2 Å². The summed E-state index contributed by atoms with van der Waals surface area (Å²) < 4.78 is 10.1. The number of carbonyl (C=O) groups is 2. The summed E-state index contributed by atoms with van der Waals surface area (Å²) in [6, 6.07) is 3.51. The normalized spacial score (nSPS) is 14.2. The third-order valence-electron chi connectivity index (χ3n) is 3.67. The molecule has 1 aromatic rings. The summed E-state index contributed by atoms with van der Waals surface area (Å²) in [6.07, 6.45) is 0.273. The van der Waals surface area contributed by atoms with Crippen LogP contribution in [0, 0.1) is 0 Å². The number of aliphatic hydroxyl groups excluding tert-OH is 1. The molecule has 1 aliphatic heterocycles. The first kappa shape index (κ1) is 17.3. The lowest BCUT2D eigenvalue weighted by atomic mass is 9.94. The molecule has 0 unspecified atom stereocenters. The largest absolute Gasteiger partial charge is 0.465 e. The Balaban J connectivity index is 2.24. The van der Waals surface area contributed by atoms with E-state index < -0.39 is 11.6 Å². The van der Waals surface area contributed by atoms with Gasteiger partial charge in [0.2, 0.25) is 0 Å². The van der Waals surface area contributed by atoms with Crippen molar-refractivity contribution in [2.75, 3.05) is 13.7 Å². The first-order chi connectivity index (χ1) is 10.7. The van der Waals surface area contributed by atoms with E-state index in [9.17, 15) is 14.7 Å². The summed E-state index contributed by atoms with van der Waals surface area (Å²) in [5.74, 6) is -0.466. The van der Waals surface area contributed by atoms with Crippen molar-refractivity contribution in [2.24, 2.45) is 0 Å². The van der Waals surface area contributed by atoms with Crippen LogP contribution in [0.1, 0.15) is 47.8 Å². The van der Waals surface area contributed by atoms with E-state index in [2.05, 4.69) is 0 Å². The SMILES string of the molecule is COC(=O)c1cc2c(cc1CO)CN(C(=O)OC(C)(C)C)CC2. The summed E-state index contributed by atoms with van der Waals surface area (Å²) in [6.45, 7) is 6.16. The molecule has 0 aliphatic carbocycles. The number of aliphatic hydroxyl groups is 1. The zero-order valence-corrected chi connectivity index (χ0v) is 14.0. The lowest BCUT2D eigenvalue weighted by Gasteiger charge is -2.31. The van der Waals surface area contributed by atoms with E-state index >= 15 is 0 Å². The molecule has 1 amide bonds. The summed E-state index contributed by atoms with van der Waals surface area (Å²) in [4.78, 5) is 25.6. The number of esters is 1. The van der Waals surface area contributed by atoms with Crippen molar-refractivity contribution in [3.8, 4) is 0 Å². The maximum Gasteiger partial charge on any atom is 0.410 e. The Morgan fingerprint density at radius 3 is 2.52 bits per heavy atom. The molecule has 1 aromatic carbocycles. The Morgan fingerprint density at radius 1 is 1.26 bits per heavy atom. The lowest BCUT2D eigenvalue weighted by molar-refractivity contribution is 0.0223. The highest BCUT2D eigenvalue weighted by molar-refractivity contribution is 5.91. The number of benzene rings is 1. The van der Waals surface area contributed by atoms with Crippen LogP contribution in [0.3, 0.4) is 0 Å². The van der Waals surface area contributed by atoms with Gasteiger partial charge in [0.1, 0.15) is 5.60 Å². The highest BCUT2D eigenvalue weighted by atomic mass is 16.6. The van der Waals surface area contributed by atoms with E-state index in [1.54, 1.807) is 17.0 Å². The second-order valence-electron chi connectivity index (χ2n) is 6.58. The van der Waals surface area contributed by atoms with E-state index in [1.165, 1.54) is 7.11 Å². The van der Waals surface area contributed by atoms with E-state index in [0.29, 0.717) is 30.6 Å². The zero-order valence-electron chi connectivity index (χ0n) is 14.0. The molecule has 0 spiro atoms. The predicted octanol–water partition coefficient (Wildman–Crippen LogP) is 2.26. The molecule has 1 heterocycles. The number of ether oxygens (including phenoxy) is 2.